The van der Waals surface area contributed by atoms with Gasteiger partial charge in [-0.15, -0.1) is 0 Å². The molecule has 0 heterocycles. The zero-order chi connectivity index (χ0) is 18.4. The highest BCUT2D eigenvalue weighted by atomic mass is 32.2. The van der Waals surface area contributed by atoms with E-state index in [2.05, 4.69) is 6.58 Å². The van der Waals surface area contributed by atoms with E-state index in [1.54, 1.807) is 13.8 Å². The molecule has 3 atom stereocenters. The van der Waals surface area contributed by atoms with Crippen LogP contribution in [0.25, 0.3) is 0 Å². The van der Waals surface area contributed by atoms with Crippen LogP contribution in [0.15, 0.2) is 12.2 Å². The summed E-state index contributed by atoms with van der Waals surface area (Å²) >= 11 is 0. The van der Waals surface area contributed by atoms with Crippen LogP contribution in [0.1, 0.15) is 48.0 Å². The van der Waals surface area contributed by atoms with E-state index in [0.29, 0.717) is 13.1 Å². The molecule has 0 rings (SSSR count). The van der Waals surface area contributed by atoms with Crippen molar-refractivity contribution >= 4 is 16.1 Å². The second-order valence-electron chi connectivity index (χ2n) is 5.54. The molecule has 0 fully saturated rings. The van der Waals surface area contributed by atoms with Crippen molar-refractivity contribution in [3.05, 3.63) is 12.2 Å². The first-order valence-corrected chi connectivity index (χ1v) is 9.20. The summed E-state index contributed by atoms with van der Waals surface area (Å²) in [6.45, 7) is 14.8. The van der Waals surface area contributed by atoms with E-state index in [-0.39, 0.29) is 12.0 Å². The third kappa shape index (κ3) is 6.21. The standard InChI is InChI=1S/C15H29NO6S/c1-8-13(23(18,19)20)15(7,22-14(17)11(4)5)21-12(6)16(9-2)10-3/h12-13H,4,8-10H2,1-3,5-7H3,(H,18,19,20). The number of carbonyl (C=O) groups excluding carboxylic acids is 1. The number of carbonyl (C=O) groups is 1. The lowest BCUT2D eigenvalue weighted by Crippen LogP contribution is -2.53. The smallest absolute Gasteiger partial charge is 0.335 e. The number of esters is 1. The molecule has 0 spiro atoms. The summed E-state index contributed by atoms with van der Waals surface area (Å²) in [4.78, 5) is 13.8. The number of rotatable bonds is 10. The van der Waals surface area contributed by atoms with E-state index < -0.39 is 33.4 Å². The highest BCUT2D eigenvalue weighted by Gasteiger charge is 2.47. The van der Waals surface area contributed by atoms with Crippen molar-refractivity contribution in [3.8, 4) is 0 Å². The van der Waals surface area contributed by atoms with Crippen LogP contribution in [0.4, 0.5) is 0 Å². The van der Waals surface area contributed by atoms with E-state index in [1.165, 1.54) is 13.8 Å². The summed E-state index contributed by atoms with van der Waals surface area (Å²) in [5.74, 6) is -2.61. The molecule has 7 nitrogen and oxygen atoms in total. The molecule has 1 N–H and O–H groups in total. The zero-order valence-electron chi connectivity index (χ0n) is 14.8. The molecule has 23 heavy (non-hydrogen) atoms. The Bertz CT molecular complexity index is 514. The molecule has 0 bridgehead atoms. The fourth-order valence-electron chi connectivity index (χ4n) is 2.44. The molecule has 0 aromatic heterocycles. The van der Waals surface area contributed by atoms with Crippen molar-refractivity contribution in [2.75, 3.05) is 13.1 Å². The van der Waals surface area contributed by atoms with Crippen molar-refractivity contribution in [3.63, 3.8) is 0 Å². The largest absolute Gasteiger partial charge is 0.428 e. The minimum atomic E-state index is -4.48. The minimum absolute atomic E-state index is 0.0176. The lowest BCUT2D eigenvalue weighted by atomic mass is 10.1. The lowest BCUT2D eigenvalue weighted by Gasteiger charge is -2.39. The molecular formula is C15H29NO6S. The van der Waals surface area contributed by atoms with Gasteiger partial charge < -0.3 is 9.47 Å². The van der Waals surface area contributed by atoms with Crippen LogP contribution in [0.5, 0.6) is 0 Å². The summed E-state index contributed by atoms with van der Waals surface area (Å²) in [6, 6.07) is 0. The van der Waals surface area contributed by atoms with Gasteiger partial charge in [-0.25, -0.2) is 4.79 Å². The van der Waals surface area contributed by atoms with Crippen molar-refractivity contribution in [2.45, 2.75) is 65.2 Å². The molecule has 0 aromatic rings. The highest BCUT2D eigenvalue weighted by molar-refractivity contribution is 7.86. The van der Waals surface area contributed by atoms with Crippen LogP contribution in [0, 0.1) is 0 Å². The van der Waals surface area contributed by atoms with E-state index >= 15 is 0 Å². The first-order valence-electron chi connectivity index (χ1n) is 7.69. The quantitative estimate of drug-likeness (QED) is 0.279. The molecule has 136 valence electrons. The first kappa shape index (κ1) is 22.0. The van der Waals surface area contributed by atoms with Gasteiger partial charge >= 0.3 is 5.97 Å². The Morgan fingerprint density at radius 1 is 1.30 bits per heavy atom. The maximum Gasteiger partial charge on any atom is 0.335 e. The SMILES string of the molecule is C=C(C)C(=O)OC(C)(OC(C)N(CC)CC)C(CC)S(=O)(=O)O. The van der Waals surface area contributed by atoms with Gasteiger partial charge in [0.2, 0.25) is 5.79 Å². The summed E-state index contributed by atoms with van der Waals surface area (Å²) in [6.07, 6.45) is -0.493. The van der Waals surface area contributed by atoms with Crippen molar-refractivity contribution < 1.29 is 27.2 Å². The van der Waals surface area contributed by atoms with E-state index in [4.69, 9.17) is 9.47 Å². The predicted molar refractivity (Wildman–Crippen MR) is 88.4 cm³/mol. The molecule has 0 aliphatic heterocycles. The lowest BCUT2D eigenvalue weighted by molar-refractivity contribution is -0.258. The van der Waals surface area contributed by atoms with Gasteiger partial charge in [0.15, 0.2) is 5.25 Å². The Kier molecular flexibility index (Phi) is 8.40. The monoisotopic (exact) mass is 351 g/mol. The summed E-state index contributed by atoms with van der Waals surface area (Å²) in [5.41, 5.74) is 0.112. The summed E-state index contributed by atoms with van der Waals surface area (Å²) in [5, 5.41) is -1.41. The van der Waals surface area contributed by atoms with Gasteiger partial charge in [0.1, 0.15) is 6.23 Å². The molecule has 3 unspecified atom stereocenters. The van der Waals surface area contributed by atoms with E-state index in [0.717, 1.165) is 0 Å². The molecule has 0 amide bonds. The van der Waals surface area contributed by atoms with Crippen LogP contribution in [-0.2, 0) is 24.4 Å². The fraction of sp³-hybridized carbons (Fsp3) is 0.800. The Labute approximate surface area is 139 Å². The predicted octanol–water partition coefficient (Wildman–Crippen LogP) is 2.19. The van der Waals surface area contributed by atoms with Crippen LogP contribution >= 0.6 is 0 Å². The molecule has 0 aromatic carbocycles. The van der Waals surface area contributed by atoms with Gasteiger partial charge in [-0.3, -0.25) is 9.45 Å². The van der Waals surface area contributed by atoms with Crippen molar-refractivity contribution in [2.24, 2.45) is 0 Å². The van der Waals surface area contributed by atoms with Crippen molar-refractivity contribution in [1.82, 2.24) is 4.90 Å². The number of hydrogen-bond acceptors (Lipinski definition) is 6. The van der Waals surface area contributed by atoms with Gasteiger partial charge in [-0.1, -0.05) is 27.4 Å². The third-order valence-electron chi connectivity index (χ3n) is 3.69. The third-order valence-corrected chi connectivity index (χ3v) is 5.17. The Morgan fingerprint density at radius 2 is 1.78 bits per heavy atom. The average Bonchev–Trinajstić information content (AvgIpc) is 2.38. The normalized spacial score (nSPS) is 17.4. The fourth-order valence-corrected chi connectivity index (χ4v) is 3.51. The second kappa shape index (κ2) is 8.77. The molecule has 0 aliphatic carbocycles. The van der Waals surface area contributed by atoms with Gasteiger partial charge in [-0.2, -0.15) is 8.42 Å². The Balaban J connectivity index is 5.70. The van der Waals surface area contributed by atoms with Crippen molar-refractivity contribution in [1.29, 1.82) is 0 Å². The van der Waals surface area contributed by atoms with Crippen LogP contribution in [0.3, 0.4) is 0 Å². The molecule has 0 saturated carbocycles. The highest BCUT2D eigenvalue weighted by Crippen LogP contribution is 2.29. The number of hydrogen-bond donors (Lipinski definition) is 1. The van der Waals surface area contributed by atoms with Gasteiger partial charge in [0.05, 0.1) is 0 Å². The molecule has 8 heteroatoms. The van der Waals surface area contributed by atoms with Gasteiger partial charge in [0, 0.05) is 12.5 Å². The average molecular weight is 351 g/mol. The molecule has 0 aliphatic rings. The molecular weight excluding hydrogens is 322 g/mol. The van der Waals surface area contributed by atoms with Gasteiger partial charge in [0.25, 0.3) is 10.1 Å². The van der Waals surface area contributed by atoms with E-state index in [1.807, 2.05) is 18.7 Å². The maximum absolute atomic E-state index is 11.9. The van der Waals surface area contributed by atoms with Gasteiger partial charge in [-0.05, 0) is 33.4 Å². The number of ether oxygens (including phenoxy) is 2. The second-order valence-corrected chi connectivity index (χ2v) is 7.14. The van der Waals surface area contributed by atoms with Crippen LogP contribution < -0.4 is 0 Å². The topological polar surface area (TPSA) is 93.1 Å². The van der Waals surface area contributed by atoms with Crippen LogP contribution in [0.2, 0.25) is 0 Å². The number of nitrogens with zero attached hydrogens (tertiary/aromatic N) is 1. The maximum atomic E-state index is 11.9. The van der Waals surface area contributed by atoms with E-state index in [9.17, 15) is 17.8 Å². The zero-order valence-corrected chi connectivity index (χ0v) is 15.6. The molecule has 0 saturated heterocycles. The summed E-state index contributed by atoms with van der Waals surface area (Å²) < 4.78 is 43.9. The summed E-state index contributed by atoms with van der Waals surface area (Å²) in [7, 11) is -4.48. The van der Waals surface area contributed by atoms with Crippen LogP contribution in [-0.4, -0.2) is 54.2 Å². The molecule has 0 radical (unpaired) electrons. The minimum Gasteiger partial charge on any atom is -0.428 e. The Hall–Kier alpha value is -0.960. The Morgan fingerprint density at radius 3 is 2.09 bits per heavy atom. The first-order chi connectivity index (χ1) is 10.4.